The molecule has 0 fully saturated rings. The summed E-state index contributed by atoms with van der Waals surface area (Å²) in [6.45, 7) is 1.74. The van der Waals surface area contributed by atoms with Crippen molar-refractivity contribution in [2.24, 2.45) is 0 Å². The monoisotopic (exact) mass is 304 g/mol. The van der Waals surface area contributed by atoms with E-state index < -0.39 is 0 Å². The van der Waals surface area contributed by atoms with Crippen LogP contribution in [0.5, 0.6) is 0 Å². The summed E-state index contributed by atoms with van der Waals surface area (Å²) in [6, 6.07) is 19.7. The number of allylic oxidation sites excluding steroid dienone is 2. The molecule has 2 heteroatoms. The van der Waals surface area contributed by atoms with Gasteiger partial charge in [0.05, 0.1) is 5.57 Å². The van der Waals surface area contributed by atoms with Crippen LogP contribution in [0.15, 0.2) is 71.8 Å². The zero-order valence-corrected chi connectivity index (χ0v) is 13.3. The Bertz CT molecular complexity index is 721. The maximum atomic E-state index is 12.4. The highest BCUT2D eigenvalue weighted by atomic mass is 16.1. The Kier molecular flexibility index (Phi) is 6.28. The summed E-state index contributed by atoms with van der Waals surface area (Å²) >= 11 is 0. The highest BCUT2D eigenvalue weighted by molar-refractivity contribution is 6.14. The molecule has 23 heavy (non-hydrogen) atoms. The average Bonchev–Trinajstić information content (AvgIpc) is 2.60. The third-order valence-corrected chi connectivity index (χ3v) is 3.67. The van der Waals surface area contributed by atoms with Crippen LogP contribution in [0, 0.1) is 0 Å². The Labute approximate surface area is 137 Å². The molecule has 0 amide bonds. The molecule has 0 aliphatic carbocycles. The summed E-state index contributed by atoms with van der Waals surface area (Å²) in [5.74, 6) is 1.62. The van der Waals surface area contributed by atoms with Gasteiger partial charge in [-0.2, -0.15) is 0 Å². The van der Waals surface area contributed by atoms with Gasteiger partial charge in [0.25, 0.3) is 0 Å². The highest BCUT2D eigenvalue weighted by Gasteiger charge is 2.12. The fourth-order valence-electron chi connectivity index (χ4n) is 2.43. The summed E-state index contributed by atoms with van der Waals surface area (Å²) in [6.07, 6.45) is 3.87. The number of Topliss-reactive ketones (excluding diaryl/α,β-unsaturated/α-hetero) is 1. The lowest BCUT2D eigenvalue weighted by Gasteiger charge is -2.04. The van der Waals surface area contributed by atoms with E-state index in [1.165, 1.54) is 5.56 Å². The van der Waals surface area contributed by atoms with Crippen LogP contribution >= 0.6 is 0 Å². The predicted octanol–water partition coefficient (Wildman–Crippen LogP) is 4.44. The maximum absolute atomic E-state index is 12.4. The Balaban J connectivity index is 1.96. The molecule has 0 radical (unpaired) electrons. The lowest BCUT2D eigenvalue weighted by molar-refractivity contribution is -0.112. The van der Waals surface area contributed by atoms with Gasteiger partial charge in [-0.05, 0) is 49.0 Å². The van der Waals surface area contributed by atoms with E-state index in [0.29, 0.717) is 12.0 Å². The molecule has 2 aromatic rings. The normalized spacial score (nSPS) is 10.9. The molecule has 0 atom stereocenters. The summed E-state index contributed by atoms with van der Waals surface area (Å²) in [5, 5.41) is 0. The van der Waals surface area contributed by atoms with Crippen molar-refractivity contribution >= 4 is 17.8 Å². The van der Waals surface area contributed by atoms with Crippen LogP contribution in [0.3, 0.4) is 0 Å². The van der Waals surface area contributed by atoms with E-state index in [9.17, 15) is 9.59 Å². The molecule has 2 nitrogen and oxygen atoms in total. The molecule has 0 saturated heterocycles. The Hall–Kier alpha value is -2.70. The molecule has 0 aliphatic heterocycles. The largest absolute Gasteiger partial charge is 0.289 e. The van der Waals surface area contributed by atoms with Gasteiger partial charge in [0, 0.05) is 0 Å². The number of hydrogen-bond acceptors (Lipinski definition) is 2. The zero-order valence-electron chi connectivity index (χ0n) is 13.3. The molecule has 0 aliphatic rings. The second-order valence-corrected chi connectivity index (χ2v) is 5.49. The number of rotatable bonds is 7. The summed E-state index contributed by atoms with van der Waals surface area (Å²) in [7, 11) is 0. The number of ketones is 1. The van der Waals surface area contributed by atoms with Crippen LogP contribution in [0.25, 0.3) is 6.08 Å². The van der Waals surface area contributed by atoms with Gasteiger partial charge in [0.15, 0.2) is 5.78 Å². The molecule has 116 valence electrons. The minimum atomic E-state index is -0.211. The van der Waals surface area contributed by atoms with E-state index in [2.05, 4.69) is 0 Å². The Morgan fingerprint density at radius 1 is 1.00 bits per heavy atom. The van der Waals surface area contributed by atoms with Crippen molar-refractivity contribution < 1.29 is 9.59 Å². The fraction of sp³-hybridized carbons (Fsp3) is 0.190. The molecule has 0 bridgehead atoms. The first-order valence-electron chi connectivity index (χ1n) is 7.76. The second kappa shape index (κ2) is 8.67. The smallest absolute Gasteiger partial charge is 0.195 e. The van der Waals surface area contributed by atoms with Gasteiger partial charge in [-0.15, -0.1) is 0 Å². The molecule has 0 N–H and O–H groups in total. The molecular formula is C21H20O2. The number of benzene rings is 2. The fourth-order valence-corrected chi connectivity index (χ4v) is 2.43. The number of aryl methyl sites for hydroxylation is 1. The molecule has 2 aromatic carbocycles. The van der Waals surface area contributed by atoms with Crippen LogP contribution in [0.1, 0.15) is 30.9 Å². The van der Waals surface area contributed by atoms with E-state index in [1.54, 1.807) is 13.0 Å². The predicted molar refractivity (Wildman–Crippen MR) is 93.7 cm³/mol. The van der Waals surface area contributed by atoms with Crippen LogP contribution in [-0.2, 0) is 16.0 Å². The van der Waals surface area contributed by atoms with Gasteiger partial charge >= 0.3 is 0 Å². The first-order chi connectivity index (χ1) is 11.2. The molecule has 0 aromatic heterocycles. The van der Waals surface area contributed by atoms with Crippen molar-refractivity contribution in [3.63, 3.8) is 0 Å². The molecule has 0 saturated carbocycles. The zero-order chi connectivity index (χ0) is 16.5. The summed E-state index contributed by atoms with van der Waals surface area (Å²) in [5.41, 5.74) is 2.95. The number of carbonyl (C=O) groups is 1. The van der Waals surface area contributed by atoms with Gasteiger partial charge in [-0.3, -0.25) is 4.79 Å². The Morgan fingerprint density at radius 2 is 1.61 bits per heavy atom. The third kappa shape index (κ3) is 5.21. The Morgan fingerprint density at radius 3 is 2.22 bits per heavy atom. The van der Waals surface area contributed by atoms with Gasteiger partial charge < -0.3 is 0 Å². The number of carbonyl (C=O) groups excluding carboxylic acids is 2. The van der Waals surface area contributed by atoms with Gasteiger partial charge in [0.1, 0.15) is 5.94 Å². The molecule has 0 unspecified atom stereocenters. The topological polar surface area (TPSA) is 34.1 Å². The van der Waals surface area contributed by atoms with Crippen molar-refractivity contribution in [3.8, 4) is 0 Å². The van der Waals surface area contributed by atoms with E-state index in [-0.39, 0.29) is 11.4 Å². The first kappa shape index (κ1) is 16.7. The lowest BCUT2D eigenvalue weighted by atomic mass is 9.98. The average molecular weight is 304 g/mol. The summed E-state index contributed by atoms with van der Waals surface area (Å²) in [4.78, 5) is 23.5. The van der Waals surface area contributed by atoms with Gasteiger partial charge in [-0.1, -0.05) is 60.7 Å². The molecule has 0 spiro atoms. The lowest BCUT2D eigenvalue weighted by Crippen LogP contribution is -2.05. The minimum Gasteiger partial charge on any atom is -0.289 e. The van der Waals surface area contributed by atoms with E-state index in [4.69, 9.17) is 0 Å². The van der Waals surface area contributed by atoms with Crippen LogP contribution in [0.4, 0.5) is 0 Å². The van der Waals surface area contributed by atoms with Crippen LogP contribution in [0.2, 0.25) is 0 Å². The van der Waals surface area contributed by atoms with Crippen molar-refractivity contribution in [1.29, 1.82) is 0 Å². The van der Waals surface area contributed by atoms with Gasteiger partial charge in [0.2, 0.25) is 0 Å². The van der Waals surface area contributed by atoms with Crippen LogP contribution in [-0.4, -0.2) is 11.7 Å². The number of hydrogen-bond donors (Lipinski definition) is 0. The first-order valence-corrected chi connectivity index (χ1v) is 7.76. The van der Waals surface area contributed by atoms with Crippen molar-refractivity contribution in [3.05, 3.63) is 82.9 Å². The minimum absolute atomic E-state index is 0.211. The second-order valence-electron chi connectivity index (χ2n) is 5.49. The van der Waals surface area contributed by atoms with Crippen molar-refractivity contribution in [2.45, 2.75) is 26.2 Å². The van der Waals surface area contributed by atoms with E-state index >= 15 is 0 Å². The van der Waals surface area contributed by atoms with Crippen LogP contribution < -0.4 is 0 Å². The standard InChI is InChI=1S/C21H20O2/c1-17(15-19-11-6-3-7-12-19)21(23)20(16-22)14-8-13-18-9-4-2-5-10-18/h2-7,9-12,15H,8,13-14H2,1H3/b17-15+. The third-order valence-electron chi connectivity index (χ3n) is 3.67. The van der Waals surface area contributed by atoms with E-state index in [0.717, 1.165) is 18.4 Å². The molecular weight excluding hydrogens is 284 g/mol. The summed E-state index contributed by atoms with van der Waals surface area (Å²) < 4.78 is 0. The van der Waals surface area contributed by atoms with E-state index in [1.807, 2.05) is 66.6 Å². The molecule has 0 heterocycles. The highest BCUT2D eigenvalue weighted by Crippen LogP contribution is 2.15. The molecule has 2 rings (SSSR count). The SMILES string of the molecule is C/C(=C\c1ccccc1)C(=O)C(=C=O)CCCc1ccccc1. The maximum Gasteiger partial charge on any atom is 0.195 e. The van der Waals surface area contributed by atoms with Gasteiger partial charge in [-0.25, -0.2) is 4.79 Å². The van der Waals surface area contributed by atoms with Crippen molar-refractivity contribution in [1.82, 2.24) is 0 Å². The van der Waals surface area contributed by atoms with Crippen molar-refractivity contribution in [2.75, 3.05) is 0 Å². The quantitative estimate of drug-likeness (QED) is 0.560.